The van der Waals surface area contributed by atoms with Crippen LogP contribution < -0.4 is 4.74 Å². The highest BCUT2D eigenvalue weighted by atomic mass is 16.5. The minimum Gasteiger partial charge on any atom is -0.494 e. The van der Waals surface area contributed by atoms with Crippen LogP contribution in [0.4, 0.5) is 0 Å². The molecular formula is C20H30N2O3. The zero-order valence-electron chi connectivity index (χ0n) is 15.1. The van der Waals surface area contributed by atoms with Crippen LogP contribution >= 0.6 is 0 Å². The molecular weight excluding hydrogens is 316 g/mol. The molecule has 0 N–H and O–H groups in total. The van der Waals surface area contributed by atoms with Gasteiger partial charge in [-0.15, -0.1) is 0 Å². The standard InChI is InChI=1S/C20H30N2O3/c23-20(7-4-14-25-19-5-2-1-3-6-19)22-10-8-18(9-11-22)17-21-12-15-24-16-13-21/h1-3,5-6,18H,4,7-17H2. The van der Waals surface area contributed by atoms with Crippen LogP contribution in [0, 0.1) is 5.92 Å². The van der Waals surface area contributed by atoms with Crippen molar-refractivity contribution in [3.8, 4) is 5.75 Å². The highest BCUT2D eigenvalue weighted by Crippen LogP contribution is 2.20. The van der Waals surface area contributed by atoms with Gasteiger partial charge in [-0.3, -0.25) is 9.69 Å². The molecule has 2 aliphatic rings. The van der Waals surface area contributed by atoms with E-state index in [-0.39, 0.29) is 5.91 Å². The average molecular weight is 346 g/mol. The third-order valence-corrected chi connectivity index (χ3v) is 5.13. The number of amides is 1. The molecule has 5 nitrogen and oxygen atoms in total. The summed E-state index contributed by atoms with van der Waals surface area (Å²) < 4.78 is 11.1. The number of piperidine rings is 1. The second-order valence-electron chi connectivity index (χ2n) is 7.00. The van der Waals surface area contributed by atoms with Crippen molar-refractivity contribution in [2.75, 3.05) is 52.5 Å². The summed E-state index contributed by atoms with van der Waals surface area (Å²) in [6, 6.07) is 9.78. The fourth-order valence-corrected chi connectivity index (χ4v) is 3.60. The Bertz CT molecular complexity index is 509. The van der Waals surface area contributed by atoms with E-state index in [4.69, 9.17) is 9.47 Å². The van der Waals surface area contributed by atoms with Gasteiger partial charge in [-0.25, -0.2) is 0 Å². The van der Waals surface area contributed by atoms with Gasteiger partial charge in [-0.05, 0) is 37.3 Å². The van der Waals surface area contributed by atoms with E-state index in [2.05, 4.69) is 4.90 Å². The summed E-state index contributed by atoms with van der Waals surface area (Å²) in [4.78, 5) is 16.9. The number of morpholine rings is 1. The van der Waals surface area contributed by atoms with Crippen LogP contribution in [0.15, 0.2) is 30.3 Å². The molecule has 0 unspecified atom stereocenters. The predicted octanol–water partition coefficient (Wildman–Crippen LogP) is 2.42. The van der Waals surface area contributed by atoms with Crippen LogP contribution in [-0.2, 0) is 9.53 Å². The zero-order valence-corrected chi connectivity index (χ0v) is 15.1. The van der Waals surface area contributed by atoms with Crippen LogP contribution in [-0.4, -0.2) is 68.3 Å². The van der Waals surface area contributed by atoms with E-state index in [1.54, 1.807) is 0 Å². The summed E-state index contributed by atoms with van der Waals surface area (Å²) in [5.41, 5.74) is 0. The third-order valence-electron chi connectivity index (χ3n) is 5.13. The maximum atomic E-state index is 12.3. The van der Waals surface area contributed by atoms with E-state index in [0.717, 1.165) is 76.9 Å². The van der Waals surface area contributed by atoms with Gasteiger partial charge in [-0.1, -0.05) is 18.2 Å². The first-order valence-electron chi connectivity index (χ1n) is 9.57. The van der Waals surface area contributed by atoms with Gasteiger partial charge < -0.3 is 14.4 Å². The SMILES string of the molecule is O=C(CCCOc1ccccc1)N1CCC(CN2CCOCC2)CC1. The lowest BCUT2D eigenvalue weighted by molar-refractivity contribution is -0.132. The van der Waals surface area contributed by atoms with Crippen molar-refractivity contribution in [1.29, 1.82) is 0 Å². The van der Waals surface area contributed by atoms with Crippen molar-refractivity contribution in [3.63, 3.8) is 0 Å². The van der Waals surface area contributed by atoms with Crippen LogP contribution in [0.2, 0.25) is 0 Å². The number of carbonyl (C=O) groups is 1. The van der Waals surface area contributed by atoms with Crippen LogP contribution in [0.3, 0.4) is 0 Å². The van der Waals surface area contributed by atoms with Gasteiger partial charge in [0.25, 0.3) is 0 Å². The second-order valence-corrected chi connectivity index (χ2v) is 7.00. The van der Waals surface area contributed by atoms with Crippen molar-refractivity contribution in [2.45, 2.75) is 25.7 Å². The highest BCUT2D eigenvalue weighted by Gasteiger charge is 2.24. The lowest BCUT2D eigenvalue weighted by Gasteiger charge is -2.36. The third kappa shape index (κ3) is 6.01. The largest absolute Gasteiger partial charge is 0.494 e. The summed E-state index contributed by atoms with van der Waals surface area (Å²) in [5, 5.41) is 0. The van der Waals surface area contributed by atoms with Gasteiger partial charge in [-0.2, -0.15) is 0 Å². The maximum Gasteiger partial charge on any atom is 0.222 e. The lowest BCUT2D eigenvalue weighted by Crippen LogP contribution is -2.44. The molecule has 5 heteroatoms. The first kappa shape index (κ1) is 18.2. The molecule has 2 fully saturated rings. The van der Waals surface area contributed by atoms with Gasteiger partial charge >= 0.3 is 0 Å². The van der Waals surface area contributed by atoms with Gasteiger partial charge in [0.1, 0.15) is 5.75 Å². The lowest BCUT2D eigenvalue weighted by atomic mass is 9.95. The van der Waals surface area contributed by atoms with E-state index < -0.39 is 0 Å². The number of hydrogen-bond acceptors (Lipinski definition) is 4. The molecule has 0 aromatic heterocycles. The Hall–Kier alpha value is -1.59. The Morgan fingerprint density at radius 1 is 1.08 bits per heavy atom. The molecule has 2 saturated heterocycles. The Morgan fingerprint density at radius 2 is 1.80 bits per heavy atom. The van der Waals surface area contributed by atoms with Crippen LogP contribution in [0.1, 0.15) is 25.7 Å². The van der Waals surface area contributed by atoms with E-state index in [1.807, 2.05) is 35.2 Å². The Labute approximate surface area is 150 Å². The number of hydrogen-bond donors (Lipinski definition) is 0. The molecule has 1 aromatic carbocycles. The molecule has 2 heterocycles. The topological polar surface area (TPSA) is 42.0 Å². The van der Waals surface area contributed by atoms with E-state index in [1.165, 1.54) is 0 Å². The minimum absolute atomic E-state index is 0.279. The quantitative estimate of drug-likeness (QED) is 0.711. The normalized spacial score (nSPS) is 19.8. The van der Waals surface area contributed by atoms with Crippen molar-refractivity contribution in [1.82, 2.24) is 9.80 Å². The number of para-hydroxylation sites is 1. The molecule has 1 aromatic rings. The molecule has 138 valence electrons. The number of benzene rings is 1. The monoisotopic (exact) mass is 346 g/mol. The zero-order chi connectivity index (χ0) is 17.3. The summed E-state index contributed by atoms with van der Waals surface area (Å²) in [6.45, 7) is 7.42. The molecule has 1 amide bonds. The molecule has 0 radical (unpaired) electrons. The number of rotatable bonds is 7. The number of nitrogens with zero attached hydrogens (tertiary/aromatic N) is 2. The number of ether oxygens (including phenoxy) is 2. The molecule has 0 bridgehead atoms. The summed E-state index contributed by atoms with van der Waals surface area (Å²) in [5.74, 6) is 1.88. The first-order valence-corrected chi connectivity index (χ1v) is 9.57. The smallest absolute Gasteiger partial charge is 0.222 e. The average Bonchev–Trinajstić information content (AvgIpc) is 2.67. The Morgan fingerprint density at radius 3 is 2.52 bits per heavy atom. The fraction of sp³-hybridized carbons (Fsp3) is 0.650. The Balaban J connectivity index is 1.28. The molecule has 0 saturated carbocycles. The van der Waals surface area contributed by atoms with Crippen molar-refractivity contribution in [3.05, 3.63) is 30.3 Å². The summed E-state index contributed by atoms with van der Waals surface area (Å²) in [7, 11) is 0. The molecule has 0 spiro atoms. The van der Waals surface area contributed by atoms with Gasteiger partial charge in [0.2, 0.25) is 5.91 Å². The molecule has 0 atom stereocenters. The van der Waals surface area contributed by atoms with Crippen molar-refractivity contribution < 1.29 is 14.3 Å². The molecule has 25 heavy (non-hydrogen) atoms. The van der Waals surface area contributed by atoms with Gasteiger partial charge in [0, 0.05) is 39.1 Å². The molecule has 2 aliphatic heterocycles. The van der Waals surface area contributed by atoms with Crippen molar-refractivity contribution >= 4 is 5.91 Å². The first-order chi connectivity index (χ1) is 12.3. The minimum atomic E-state index is 0.279. The number of likely N-dealkylation sites (tertiary alicyclic amines) is 1. The van der Waals surface area contributed by atoms with Gasteiger partial charge in [0.15, 0.2) is 0 Å². The van der Waals surface area contributed by atoms with Crippen LogP contribution in [0.25, 0.3) is 0 Å². The van der Waals surface area contributed by atoms with Crippen molar-refractivity contribution in [2.24, 2.45) is 5.92 Å². The summed E-state index contributed by atoms with van der Waals surface area (Å²) >= 11 is 0. The number of carbonyl (C=O) groups excluding carboxylic acids is 1. The second kappa shape index (κ2) is 9.78. The maximum absolute atomic E-state index is 12.3. The highest BCUT2D eigenvalue weighted by molar-refractivity contribution is 5.76. The predicted molar refractivity (Wildman–Crippen MR) is 97.7 cm³/mol. The van der Waals surface area contributed by atoms with E-state index in [9.17, 15) is 4.79 Å². The molecule has 0 aliphatic carbocycles. The summed E-state index contributed by atoms with van der Waals surface area (Å²) in [6.07, 6.45) is 3.62. The van der Waals surface area contributed by atoms with Gasteiger partial charge in [0.05, 0.1) is 19.8 Å². The van der Waals surface area contributed by atoms with E-state index in [0.29, 0.717) is 13.0 Å². The molecule has 3 rings (SSSR count). The van der Waals surface area contributed by atoms with Crippen LogP contribution in [0.5, 0.6) is 5.75 Å². The fourth-order valence-electron chi connectivity index (χ4n) is 3.60. The Kier molecular flexibility index (Phi) is 7.12. The van der Waals surface area contributed by atoms with E-state index >= 15 is 0 Å².